The fraction of sp³-hybridized carbons (Fsp3) is 0.538. The van der Waals surface area contributed by atoms with Crippen LogP contribution in [0.2, 0.25) is 5.02 Å². The highest BCUT2D eigenvalue weighted by atomic mass is 35.5. The van der Waals surface area contributed by atoms with Gasteiger partial charge in [-0.05, 0) is 24.7 Å². The zero-order valence-corrected chi connectivity index (χ0v) is 11.6. The van der Waals surface area contributed by atoms with E-state index < -0.39 is 0 Å². The summed E-state index contributed by atoms with van der Waals surface area (Å²) in [5.74, 6) is -0.371. The molecule has 0 fully saturated rings. The van der Waals surface area contributed by atoms with Crippen molar-refractivity contribution in [1.82, 2.24) is 10.2 Å². The molecule has 0 bridgehead atoms. The highest BCUT2D eigenvalue weighted by molar-refractivity contribution is 6.30. The second-order valence-electron chi connectivity index (χ2n) is 4.23. The Morgan fingerprint density at radius 3 is 2.83 bits per heavy atom. The molecule has 3 nitrogen and oxygen atoms in total. The smallest absolute Gasteiger partial charge is 0.141 e. The molecule has 0 aliphatic rings. The lowest BCUT2D eigenvalue weighted by Gasteiger charge is -2.17. The third kappa shape index (κ3) is 5.78. The molecule has 5 heteroatoms. The van der Waals surface area contributed by atoms with Gasteiger partial charge in [0.05, 0.1) is 11.6 Å². The Bertz CT molecular complexity index is 363. The van der Waals surface area contributed by atoms with Crippen LogP contribution < -0.4 is 5.32 Å². The summed E-state index contributed by atoms with van der Waals surface area (Å²) in [5, 5.41) is 3.45. The molecule has 0 saturated carbocycles. The van der Waals surface area contributed by atoms with E-state index in [1.165, 1.54) is 6.07 Å². The first-order valence-electron chi connectivity index (χ1n) is 5.95. The van der Waals surface area contributed by atoms with Crippen molar-refractivity contribution in [3.8, 4) is 0 Å². The fourth-order valence-corrected chi connectivity index (χ4v) is 1.80. The van der Waals surface area contributed by atoms with Crippen molar-refractivity contribution in [1.29, 1.82) is 0 Å². The van der Waals surface area contributed by atoms with Crippen LogP contribution in [0.15, 0.2) is 18.2 Å². The van der Waals surface area contributed by atoms with Crippen LogP contribution in [0.25, 0.3) is 0 Å². The molecule has 0 saturated heterocycles. The van der Waals surface area contributed by atoms with Gasteiger partial charge in [-0.3, -0.25) is 0 Å². The van der Waals surface area contributed by atoms with Crippen LogP contribution in [-0.2, 0) is 11.3 Å². The van der Waals surface area contributed by atoms with Gasteiger partial charge in [0.2, 0.25) is 0 Å². The summed E-state index contributed by atoms with van der Waals surface area (Å²) < 4.78 is 17.9. The van der Waals surface area contributed by atoms with Crippen LogP contribution in [0.3, 0.4) is 0 Å². The molecule has 0 atom stereocenters. The summed E-state index contributed by atoms with van der Waals surface area (Å²) in [6.07, 6.45) is 0. The Kier molecular flexibility index (Phi) is 7.20. The normalized spacial score (nSPS) is 11.2. The molecule has 1 N–H and O–H groups in total. The van der Waals surface area contributed by atoms with E-state index >= 15 is 0 Å². The van der Waals surface area contributed by atoms with Crippen molar-refractivity contribution in [2.24, 2.45) is 0 Å². The summed E-state index contributed by atoms with van der Waals surface area (Å²) in [5.41, 5.74) is 1.01. The van der Waals surface area contributed by atoms with E-state index in [1.807, 2.05) is 7.05 Å². The summed E-state index contributed by atoms with van der Waals surface area (Å²) in [4.78, 5) is 2.16. The van der Waals surface area contributed by atoms with Crippen molar-refractivity contribution in [3.63, 3.8) is 0 Å². The molecular formula is C13H20ClFN2O. The molecular weight excluding hydrogens is 255 g/mol. The molecule has 0 heterocycles. The second-order valence-corrected chi connectivity index (χ2v) is 4.64. The minimum absolute atomic E-state index is 0.180. The Morgan fingerprint density at radius 1 is 1.39 bits per heavy atom. The number of hydrogen-bond donors (Lipinski definition) is 1. The van der Waals surface area contributed by atoms with E-state index in [4.69, 9.17) is 16.3 Å². The molecule has 18 heavy (non-hydrogen) atoms. The van der Waals surface area contributed by atoms with E-state index in [0.717, 1.165) is 38.3 Å². The quantitative estimate of drug-likeness (QED) is 0.735. The van der Waals surface area contributed by atoms with Crippen molar-refractivity contribution in [2.45, 2.75) is 6.54 Å². The number of benzene rings is 1. The van der Waals surface area contributed by atoms with E-state index in [1.54, 1.807) is 19.2 Å². The maximum Gasteiger partial charge on any atom is 0.141 e. The van der Waals surface area contributed by atoms with Gasteiger partial charge in [0, 0.05) is 33.3 Å². The largest absolute Gasteiger partial charge is 0.383 e. The zero-order chi connectivity index (χ0) is 13.4. The number of nitrogens with one attached hydrogen (secondary N) is 1. The Morgan fingerprint density at radius 2 is 2.17 bits per heavy atom. The number of rotatable bonds is 8. The predicted octanol–water partition coefficient (Wildman–Crippen LogP) is 2.15. The van der Waals surface area contributed by atoms with Crippen molar-refractivity contribution in [2.75, 3.05) is 40.4 Å². The number of halogens is 2. The predicted molar refractivity (Wildman–Crippen MR) is 72.5 cm³/mol. The Hall–Kier alpha value is -0.680. The van der Waals surface area contributed by atoms with Gasteiger partial charge in [0.1, 0.15) is 5.82 Å². The SMILES string of the molecule is COCCNCCN(C)Cc1ccc(F)c(Cl)c1. The lowest BCUT2D eigenvalue weighted by molar-refractivity contribution is 0.197. The molecule has 0 unspecified atom stereocenters. The molecule has 0 spiro atoms. The minimum Gasteiger partial charge on any atom is -0.383 e. The summed E-state index contributed by atoms with van der Waals surface area (Å²) in [6.45, 7) is 4.14. The molecule has 102 valence electrons. The van der Waals surface area contributed by atoms with E-state index in [0.29, 0.717) is 0 Å². The van der Waals surface area contributed by atoms with Crippen LogP contribution in [0.4, 0.5) is 4.39 Å². The average molecular weight is 275 g/mol. The Labute approximate surface area is 113 Å². The highest BCUT2D eigenvalue weighted by Gasteiger charge is 2.03. The van der Waals surface area contributed by atoms with E-state index in [-0.39, 0.29) is 10.8 Å². The number of methoxy groups -OCH3 is 1. The second kappa shape index (κ2) is 8.43. The first-order chi connectivity index (χ1) is 8.63. The summed E-state index contributed by atoms with van der Waals surface area (Å²) >= 11 is 5.74. The van der Waals surface area contributed by atoms with Gasteiger partial charge in [-0.15, -0.1) is 0 Å². The third-order valence-corrected chi connectivity index (χ3v) is 2.88. The molecule has 1 aromatic carbocycles. The third-order valence-electron chi connectivity index (χ3n) is 2.59. The van der Waals surface area contributed by atoms with Gasteiger partial charge < -0.3 is 15.0 Å². The molecule has 0 radical (unpaired) electrons. The minimum atomic E-state index is -0.371. The first kappa shape index (κ1) is 15.4. The van der Waals surface area contributed by atoms with E-state index in [2.05, 4.69) is 10.2 Å². The zero-order valence-electron chi connectivity index (χ0n) is 10.9. The van der Waals surface area contributed by atoms with Crippen LogP contribution in [0, 0.1) is 5.82 Å². The lowest BCUT2D eigenvalue weighted by Crippen LogP contribution is -2.30. The lowest BCUT2D eigenvalue weighted by atomic mass is 10.2. The van der Waals surface area contributed by atoms with Crippen molar-refractivity contribution < 1.29 is 9.13 Å². The van der Waals surface area contributed by atoms with Gasteiger partial charge in [0.15, 0.2) is 0 Å². The van der Waals surface area contributed by atoms with Gasteiger partial charge >= 0.3 is 0 Å². The summed E-state index contributed by atoms with van der Waals surface area (Å²) in [6, 6.07) is 4.84. The van der Waals surface area contributed by atoms with Crippen molar-refractivity contribution >= 4 is 11.6 Å². The molecule has 0 aromatic heterocycles. The number of likely N-dealkylation sites (N-methyl/N-ethyl adjacent to an activating group) is 1. The van der Waals surface area contributed by atoms with E-state index in [9.17, 15) is 4.39 Å². The number of ether oxygens (including phenoxy) is 1. The average Bonchev–Trinajstić information content (AvgIpc) is 2.34. The van der Waals surface area contributed by atoms with Gasteiger partial charge in [-0.2, -0.15) is 0 Å². The summed E-state index contributed by atoms with van der Waals surface area (Å²) in [7, 11) is 3.71. The number of nitrogens with zero attached hydrogens (tertiary/aromatic N) is 1. The maximum atomic E-state index is 13.0. The molecule has 1 aromatic rings. The van der Waals surface area contributed by atoms with Gasteiger partial charge in [-0.1, -0.05) is 17.7 Å². The van der Waals surface area contributed by atoms with Crippen molar-refractivity contribution in [3.05, 3.63) is 34.6 Å². The molecule has 0 aliphatic carbocycles. The maximum absolute atomic E-state index is 13.0. The standard InChI is InChI=1S/C13H20ClFN2O/c1-17(7-5-16-6-8-18-2)10-11-3-4-13(15)12(14)9-11/h3-4,9,16H,5-8,10H2,1-2H3. The highest BCUT2D eigenvalue weighted by Crippen LogP contribution is 2.16. The van der Waals surface area contributed by atoms with Gasteiger partial charge in [-0.25, -0.2) is 4.39 Å². The van der Waals surface area contributed by atoms with Crippen LogP contribution >= 0.6 is 11.6 Å². The van der Waals surface area contributed by atoms with Crippen LogP contribution in [0.1, 0.15) is 5.56 Å². The molecule has 1 rings (SSSR count). The topological polar surface area (TPSA) is 24.5 Å². The monoisotopic (exact) mass is 274 g/mol. The fourth-order valence-electron chi connectivity index (χ4n) is 1.60. The molecule has 0 aliphatic heterocycles. The van der Waals surface area contributed by atoms with Gasteiger partial charge in [0.25, 0.3) is 0 Å². The first-order valence-corrected chi connectivity index (χ1v) is 6.33. The van der Waals surface area contributed by atoms with Crippen LogP contribution in [-0.4, -0.2) is 45.3 Å². The number of hydrogen-bond acceptors (Lipinski definition) is 3. The molecule has 0 amide bonds. The van der Waals surface area contributed by atoms with Crippen LogP contribution in [0.5, 0.6) is 0 Å². The Balaban J connectivity index is 2.26.